The summed E-state index contributed by atoms with van der Waals surface area (Å²) in [5.74, 6) is 4.26. The van der Waals surface area contributed by atoms with Gasteiger partial charge in [0.15, 0.2) is 0 Å². The number of allylic oxidation sites excluding steroid dienone is 4. The van der Waals surface area contributed by atoms with Crippen LogP contribution >= 0.6 is 0 Å². The monoisotopic (exact) mass is 397 g/mol. The normalized spacial score (nSPS) is 43.7. The van der Waals surface area contributed by atoms with E-state index in [0.717, 1.165) is 23.5 Å². The summed E-state index contributed by atoms with van der Waals surface area (Å²) in [6, 6.07) is 0. The Bertz CT molecular complexity index is 703. The zero-order valence-electron chi connectivity index (χ0n) is 19.5. The molecule has 2 fully saturated rings. The summed E-state index contributed by atoms with van der Waals surface area (Å²) in [7, 11) is 0. The maximum Gasteiger partial charge on any atom is 0.0835 e. The van der Waals surface area contributed by atoms with Gasteiger partial charge < -0.3 is 5.21 Å². The first-order valence-corrected chi connectivity index (χ1v) is 12.4. The van der Waals surface area contributed by atoms with Gasteiger partial charge in [-0.2, -0.15) is 0 Å². The van der Waals surface area contributed by atoms with E-state index in [1.165, 1.54) is 63.4 Å². The largest absolute Gasteiger partial charge is 0.411 e. The van der Waals surface area contributed by atoms with Crippen molar-refractivity contribution < 1.29 is 5.21 Å². The van der Waals surface area contributed by atoms with Gasteiger partial charge in [-0.15, -0.1) is 0 Å². The van der Waals surface area contributed by atoms with Crippen molar-refractivity contribution in [3.63, 3.8) is 0 Å². The fraction of sp³-hybridized carbons (Fsp3) is 0.815. The van der Waals surface area contributed by atoms with E-state index in [9.17, 15) is 5.21 Å². The van der Waals surface area contributed by atoms with Gasteiger partial charge in [-0.3, -0.25) is 0 Å². The third-order valence-electron chi connectivity index (χ3n) is 9.84. The van der Waals surface area contributed by atoms with Crippen LogP contribution in [-0.2, 0) is 0 Å². The first-order valence-electron chi connectivity index (χ1n) is 12.4. The molecule has 29 heavy (non-hydrogen) atoms. The zero-order valence-corrected chi connectivity index (χ0v) is 19.5. The molecule has 0 heterocycles. The summed E-state index contributed by atoms with van der Waals surface area (Å²) in [5.41, 5.74) is 3.09. The summed E-state index contributed by atoms with van der Waals surface area (Å²) in [4.78, 5) is 0. The lowest BCUT2D eigenvalue weighted by molar-refractivity contribution is -0.0175. The van der Waals surface area contributed by atoms with E-state index in [-0.39, 0.29) is 5.41 Å². The topological polar surface area (TPSA) is 32.6 Å². The quantitative estimate of drug-likeness (QED) is 0.375. The van der Waals surface area contributed by atoms with Crippen molar-refractivity contribution in [1.29, 1.82) is 0 Å². The Kier molecular flexibility index (Phi) is 5.77. The molecule has 0 bridgehead atoms. The van der Waals surface area contributed by atoms with E-state index < -0.39 is 0 Å². The predicted octanol–water partition coefficient (Wildman–Crippen LogP) is 7.63. The van der Waals surface area contributed by atoms with E-state index in [1.54, 1.807) is 0 Å². The Morgan fingerprint density at radius 2 is 1.86 bits per heavy atom. The summed E-state index contributed by atoms with van der Waals surface area (Å²) < 4.78 is 0. The highest BCUT2D eigenvalue weighted by Crippen LogP contribution is 2.66. The van der Waals surface area contributed by atoms with E-state index >= 15 is 0 Å². The van der Waals surface area contributed by atoms with Crippen LogP contribution in [0.3, 0.4) is 0 Å². The molecule has 0 aromatic carbocycles. The number of oxime groups is 1. The minimum Gasteiger partial charge on any atom is -0.411 e. The van der Waals surface area contributed by atoms with Gasteiger partial charge in [0, 0.05) is 5.92 Å². The highest BCUT2D eigenvalue weighted by molar-refractivity contribution is 5.99. The zero-order chi connectivity index (χ0) is 20.8. The second-order valence-corrected chi connectivity index (χ2v) is 11.8. The molecular weight excluding hydrogens is 354 g/mol. The molecule has 2 heteroatoms. The van der Waals surface area contributed by atoms with Gasteiger partial charge in [0.05, 0.1) is 5.71 Å². The van der Waals surface area contributed by atoms with Crippen LogP contribution in [0.2, 0.25) is 0 Å². The van der Waals surface area contributed by atoms with Crippen molar-refractivity contribution in [3.05, 3.63) is 23.8 Å². The Labute approximate surface area is 178 Å². The summed E-state index contributed by atoms with van der Waals surface area (Å²) in [5, 5.41) is 13.9. The molecule has 4 rings (SSSR count). The lowest BCUT2D eigenvalue weighted by Gasteiger charge is -2.57. The van der Waals surface area contributed by atoms with Crippen LogP contribution in [0.4, 0.5) is 0 Å². The minimum absolute atomic E-state index is 0.274. The van der Waals surface area contributed by atoms with Gasteiger partial charge in [-0.05, 0) is 90.6 Å². The average Bonchev–Trinajstić information content (AvgIpc) is 3.04. The Morgan fingerprint density at radius 1 is 1.07 bits per heavy atom. The highest BCUT2D eigenvalue weighted by atomic mass is 16.4. The molecule has 0 saturated heterocycles. The van der Waals surface area contributed by atoms with Gasteiger partial charge in [0.2, 0.25) is 0 Å². The fourth-order valence-corrected chi connectivity index (χ4v) is 8.18. The van der Waals surface area contributed by atoms with Gasteiger partial charge in [0.25, 0.3) is 0 Å². The standard InChI is InChI=1S/C27H43NO/c1-18(2)9-8-10-19(3)21-12-13-22-25-23(14-16-27(21,22)5)26(4)15-7-6-11-20(26)17-24(25)28-29/h6,11,17-19,21-23,25,29H,7-10,12-16H2,1-5H3. The van der Waals surface area contributed by atoms with Gasteiger partial charge in [-0.1, -0.05) is 71.2 Å². The number of hydrogen-bond donors (Lipinski definition) is 1. The van der Waals surface area contributed by atoms with Gasteiger partial charge in [-0.25, -0.2) is 0 Å². The molecule has 7 atom stereocenters. The van der Waals surface area contributed by atoms with Crippen molar-refractivity contribution in [2.24, 2.45) is 51.5 Å². The lowest BCUT2D eigenvalue weighted by Crippen LogP contribution is -2.52. The summed E-state index contributed by atoms with van der Waals surface area (Å²) in [6.07, 6.45) is 18.8. The number of nitrogens with zero attached hydrogens (tertiary/aromatic N) is 1. The van der Waals surface area contributed by atoms with Crippen LogP contribution in [0.5, 0.6) is 0 Å². The van der Waals surface area contributed by atoms with E-state index in [4.69, 9.17) is 0 Å². The summed E-state index contributed by atoms with van der Waals surface area (Å²) >= 11 is 0. The molecule has 7 unspecified atom stereocenters. The third-order valence-corrected chi connectivity index (χ3v) is 9.84. The molecule has 162 valence electrons. The Balaban J connectivity index is 1.59. The Hall–Kier alpha value is -1.05. The molecule has 0 radical (unpaired) electrons. The molecule has 1 N–H and O–H groups in total. The molecule has 0 amide bonds. The SMILES string of the molecule is CC(C)CCCC(C)C1CCC2C3C(=NO)C=C4C=CCCC4(C)C3CCC12C. The second-order valence-electron chi connectivity index (χ2n) is 11.8. The molecule has 4 aliphatic carbocycles. The van der Waals surface area contributed by atoms with E-state index in [1.807, 2.05) is 0 Å². The van der Waals surface area contributed by atoms with Crippen LogP contribution in [0, 0.1) is 46.3 Å². The molecule has 0 spiro atoms. The first-order chi connectivity index (χ1) is 13.8. The van der Waals surface area contributed by atoms with Gasteiger partial charge >= 0.3 is 0 Å². The highest BCUT2D eigenvalue weighted by Gasteiger charge is 2.60. The maximum atomic E-state index is 9.97. The lowest BCUT2D eigenvalue weighted by atomic mass is 9.47. The van der Waals surface area contributed by atoms with Crippen LogP contribution in [0.25, 0.3) is 0 Å². The molecule has 2 nitrogen and oxygen atoms in total. The van der Waals surface area contributed by atoms with Crippen molar-refractivity contribution in [3.8, 4) is 0 Å². The van der Waals surface area contributed by atoms with Crippen LogP contribution < -0.4 is 0 Å². The van der Waals surface area contributed by atoms with Crippen molar-refractivity contribution in [1.82, 2.24) is 0 Å². The molecule has 0 aromatic rings. The minimum atomic E-state index is 0.274. The third kappa shape index (κ3) is 3.43. The van der Waals surface area contributed by atoms with Crippen LogP contribution in [0.15, 0.2) is 29.0 Å². The van der Waals surface area contributed by atoms with Gasteiger partial charge in [0.1, 0.15) is 0 Å². The molecular formula is C27H43NO. The molecule has 2 saturated carbocycles. The van der Waals surface area contributed by atoms with E-state index in [0.29, 0.717) is 23.2 Å². The smallest absolute Gasteiger partial charge is 0.0835 e. The fourth-order valence-electron chi connectivity index (χ4n) is 8.18. The number of hydrogen-bond acceptors (Lipinski definition) is 2. The van der Waals surface area contributed by atoms with Crippen molar-refractivity contribution in [2.45, 2.75) is 92.4 Å². The van der Waals surface area contributed by atoms with Crippen molar-refractivity contribution in [2.75, 3.05) is 0 Å². The van der Waals surface area contributed by atoms with Crippen LogP contribution in [0.1, 0.15) is 92.4 Å². The Morgan fingerprint density at radius 3 is 2.59 bits per heavy atom. The summed E-state index contributed by atoms with van der Waals surface area (Å²) in [6.45, 7) is 12.3. The molecule has 4 aliphatic rings. The maximum absolute atomic E-state index is 9.97. The van der Waals surface area contributed by atoms with E-state index in [2.05, 4.69) is 58.0 Å². The number of fused-ring (bicyclic) bond motifs is 5. The predicted molar refractivity (Wildman–Crippen MR) is 122 cm³/mol. The first kappa shape index (κ1) is 21.2. The molecule has 0 aliphatic heterocycles. The molecule has 0 aromatic heterocycles. The van der Waals surface area contributed by atoms with Crippen molar-refractivity contribution >= 4 is 5.71 Å². The van der Waals surface area contributed by atoms with Crippen LogP contribution in [-0.4, -0.2) is 10.9 Å². The second kappa shape index (κ2) is 7.89. The average molecular weight is 398 g/mol. The number of rotatable bonds is 5.